The molecule has 2 aliphatic rings. The Kier molecular flexibility index (Phi) is 3.68. The van der Waals surface area contributed by atoms with Crippen molar-refractivity contribution in [2.45, 2.75) is 25.4 Å². The molecule has 0 aliphatic carbocycles. The van der Waals surface area contributed by atoms with E-state index in [4.69, 9.17) is 11.6 Å². The van der Waals surface area contributed by atoms with Crippen LogP contribution in [0.25, 0.3) is 11.0 Å². The summed E-state index contributed by atoms with van der Waals surface area (Å²) in [6.07, 6.45) is 6.29. The summed E-state index contributed by atoms with van der Waals surface area (Å²) in [5.41, 5.74) is 5.12. The minimum Gasteiger partial charge on any atom is -0.366 e. The third kappa shape index (κ3) is 2.70. The molecular weight excluding hydrogens is 332 g/mol. The Labute approximate surface area is 152 Å². The van der Waals surface area contributed by atoms with Crippen LogP contribution in [0.3, 0.4) is 0 Å². The van der Waals surface area contributed by atoms with E-state index < -0.39 is 0 Å². The van der Waals surface area contributed by atoms with E-state index in [1.165, 1.54) is 28.6 Å². The molecule has 0 amide bonds. The van der Waals surface area contributed by atoms with Crippen LogP contribution in [0.2, 0.25) is 5.02 Å². The molecule has 0 bridgehead atoms. The molecule has 5 rings (SSSR count). The number of rotatable bonds is 2. The highest BCUT2D eigenvalue weighted by molar-refractivity contribution is 6.30. The Morgan fingerprint density at radius 3 is 3.16 bits per heavy atom. The lowest BCUT2D eigenvalue weighted by Crippen LogP contribution is -2.54. The number of halogens is 1. The maximum absolute atomic E-state index is 6.17. The number of nitrogens with one attached hydrogen (secondary N) is 1. The molecule has 1 aromatic carbocycles. The van der Waals surface area contributed by atoms with Gasteiger partial charge in [-0.15, -0.1) is 0 Å². The van der Waals surface area contributed by atoms with Crippen molar-refractivity contribution in [2.24, 2.45) is 0 Å². The summed E-state index contributed by atoms with van der Waals surface area (Å²) in [7, 11) is 0. The number of anilines is 1. The van der Waals surface area contributed by atoms with Gasteiger partial charge in [0.1, 0.15) is 5.65 Å². The Hall–Kier alpha value is -2.04. The van der Waals surface area contributed by atoms with Gasteiger partial charge >= 0.3 is 0 Å². The number of hydrogen-bond acceptors (Lipinski definition) is 3. The van der Waals surface area contributed by atoms with Crippen LogP contribution in [0.4, 0.5) is 5.69 Å². The fourth-order valence-corrected chi connectivity index (χ4v) is 4.56. The smallest absolute Gasteiger partial charge is 0.137 e. The number of fused-ring (bicyclic) bond motifs is 4. The van der Waals surface area contributed by atoms with Gasteiger partial charge in [0.2, 0.25) is 0 Å². The molecule has 1 fully saturated rings. The lowest BCUT2D eigenvalue weighted by Gasteiger charge is -2.46. The number of aryl methyl sites for hydroxylation is 1. The molecule has 25 heavy (non-hydrogen) atoms. The van der Waals surface area contributed by atoms with Gasteiger partial charge in [-0.25, -0.2) is 4.98 Å². The zero-order chi connectivity index (χ0) is 16.8. The summed E-state index contributed by atoms with van der Waals surface area (Å²) in [6.45, 7) is 4.28. The summed E-state index contributed by atoms with van der Waals surface area (Å²) in [4.78, 5) is 12.9. The van der Waals surface area contributed by atoms with Crippen LogP contribution in [0.1, 0.15) is 17.5 Å². The summed E-state index contributed by atoms with van der Waals surface area (Å²) < 4.78 is 0. The first kappa shape index (κ1) is 15.2. The highest BCUT2D eigenvalue weighted by Crippen LogP contribution is 2.34. The van der Waals surface area contributed by atoms with Crippen molar-refractivity contribution in [3.63, 3.8) is 0 Å². The van der Waals surface area contributed by atoms with Gasteiger partial charge in [-0.05, 0) is 54.3 Å². The molecule has 1 unspecified atom stereocenters. The predicted octanol–water partition coefficient (Wildman–Crippen LogP) is 3.85. The van der Waals surface area contributed by atoms with E-state index >= 15 is 0 Å². The maximum Gasteiger partial charge on any atom is 0.137 e. The largest absolute Gasteiger partial charge is 0.366 e. The van der Waals surface area contributed by atoms with E-state index in [0.717, 1.165) is 43.3 Å². The lowest BCUT2D eigenvalue weighted by molar-refractivity contribution is 0.207. The molecule has 0 spiro atoms. The second-order valence-electron chi connectivity index (χ2n) is 7.11. The third-order valence-electron chi connectivity index (χ3n) is 5.60. The van der Waals surface area contributed by atoms with Crippen molar-refractivity contribution >= 4 is 28.3 Å². The molecule has 1 saturated heterocycles. The van der Waals surface area contributed by atoms with E-state index in [-0.39, 0.29) is 0 Å². The molecule has 1 atom stereocenters. The Morgan fingerprint density at radius 1 is 1.24 bits per heavy atom. The number of nitrogens with zero attached hydrogens (tertiary/aromatic N) is 3. The molecule has 3 aromatic rings. The molecule has 2 aliphatic heterocycles. The topological polar surface area (TPSA) is 35.2 Å². The van der Waals surface area contributed by atoms with Crippen LogP contribution < -0.4 is 4.90 Å². The minimum absolute atomic E-state index is 0.603. The molecule has 2 aromatic heterocycles. The van der Waals surface area contributed by atoms with Crippen LogP contribution in [-0.4, -0.2) is 40.5 Å². The lowest BCUT2D eigenvalue weighted by atomic mass is 9.93. The Balaban J connectivity index is 1.34. The van der Waals surface area contributed by atoms with Crippen molar-refractivity contribution in [3.8, 4) is 0 Å². The van der Waals surface area contributed by atoms with Gasteiger partial charge in [0.15, 0.2) is 0 Å². The number of aromatic nitrogens is 2. The molecule has 128 valence electrons. The van der Waals surface area contributed by atoms with E-state index in [9.17, 15) is 0 Å². The van der Waals surface area contributed by atoms with Crippen LogP contribution in [0, 0.1) is 0 Å². The zero-order valence-electron chi connectivity index (χ0n) is 14.1. The van der Waals surface area contributed by atoms with Crippen LogP contribution in [0.5, 0.6) is 0 Å². The number of H-pyrrole nitrogens is 1. The van der Waals surface area contributed by atoms with Gasteiger partial charge in [0, 0.05) is 60.7 Å². The van der Waals surface area contributed by atoms with Crippen LogP contribution in [-0.2, 0) is 13.0 Å². The molecule has 4 nitrogen and oxygen atoms in total. The Bertz CT molecular complexity index is 919. The number of hydrogen-bond donors (Lipinski definition) is 1. The summed E-state index contributed by atoms with van der Waals surface area (Å²) in [5, 5.41) is 2.09. The van der Waals surface area contributed by atoms with E-state index in [1.807, 2.05) is 18.3 Å². The first-order valence-electron chi connectivity index (χ1n) is 8.96. The van der Waals surface area contributed by atoms with Gasteiger partial charge in [-0.3, -0.25) is 4.90 Å². The van der Waals surface area contributed by atoms with Crippen molar-refractivity contribution in [1.29, 1.82) is 0 Å². The first-order chi connectivity index (χ1) is 12.3. The second kappa shape index (κ2) is 6.04. The molecule has 4 heterocycles. The van der Waals surface area contributed by atoms with Crippen molar-refractivity contribution < 1.29 is 0 Å². The number of pyridine rings is 1. The van der Waals surface area contributed by atoms with Crippen molar-refractivity contribution in [2.75, 3.05) is 24.5 Å². The SMILES string of the molecule is Clc1ccc2c(c1)CCC1CN(Cc3c[nH]c4ncccc34)CCN21. The van der Waals surface area contributed by atoms with E-state index in [0.29, 0.717) is 6.04 Å². The van der Waals surface area contributed by atoms with Gasteiger partial charge < -0.3 is 9.88 Å². The fraction of sp³-hybridized carbons (Fsp3) is 0.350. The third-order valence-corrected chi connectivity index (χ3v) is 5.83. The average Bonchev–Trinajstić information content (AvgIpc) is 3.04. The highest BCUT2D eigenvalue weighted by Gasteiger charge is 2.31. The highest BCUT2D eigenvalue weighted by atomic mass is 35.5. The van der Waals surface area contributed by atoms with E-state index in [2.05, 4.69) is 44.2 Å². The van der Waals surface area contributed by atoms with Crippen LogP contribution in [0.15, 0.2) is 42.7 Å². The quantitative estimate of drug-likeness (QED) is 0.760. The predicted molar refractivity (Wildman–Crippen MR) is 102 cm³/mol. The summed E-state index contributed by atoms with van der Waals surface area (Å²) >= 11 is 6.17. The molecule has 0 radical (unpaired) electrons. The fourth-order valence-electron chi connectivity index (χ4n) is 4.37. The zero-order valence-corrected chi connectivity index (χ0v) is 14.8. The standard InChI is InChI=1S/C20H21ClN4/c21-16-4-6-19-14(10-16)3-5-17-13-24(8-9-25(17)19)12-15-11-23-20-18(15)2-1-7-22-20/h1-2,4,6-7,10-11,17H,3,5,8-9,12-13H2,(H,22,23). The molecular formula is C20H21ClN4. The van der Waals surface area contributed by atoms with Gasteiger partial charge in [-0.1, -0.05) is 11.6 Å². The number of aromatic amines is 1. The van der Waals surface area contributed by atoms with Gasteiger partial charge in [0.05, 0.1) is 0 Å². The molecule has 1 N–H and O–H groups in total. The summed E-state index contributed by atoms with van der Waals surface area (Å²) in [6, 6.07) is 11.1. The number of piperazine rings is 1. The first-order valence-corrected chi connectivity index (χ1v) is 9.34. The Morgan fingerprint density at radius 2 is 2.20 bits per heavy atom. The normalized spacial score (nSPS) is 20.5. The monoisotopic (exact) mass is 352 g/mol. The average molecular weight is 353 g/mol. The van der Waals surface area contributed by atoms with Crippen molar-refractivity contribution in [1.82, 2.24) is 14.9 Å². The van der Waals surface area contributed by atoms with Gasteiger partial charge in [0.25, 0.3) is 0 Å². The van der Waals surface area contributed by atoms with E-state index in [1.54, 1.807) is 0 Å². The van der Waals surface area contributed by atoms with Crippen molar-refractivity contribution in [3.05, 3.63) is 58.9 Å². The number of benzene rings is 1. The minimum atomic E-state index is 0.603. The summed E-state index contributed by atoms with van der Waals surface area (Å²) in [5.74, 6) is 0. The molecule has 5 heteroatoms. The maximum atomic E-state index is 6.17. The molecule has 0 saturated carbocycles. The van der Waals surface area contributed by atoms with Gasteiger partial charge in [-0.2, -0.15) is 0 Å². The second-order valence-corrected chi connectivity index (χ2v) is 7.54. The van der Waals surface area contributed by atoms with Crippen LogP contribution >= 0.6 is 11.6 Å².